The van der Waals surface area contributed by atoms with Crippen LogP contribution in [0.4, 0.5) is 0 Å². The predicted molar refractivity (Wildman–Crippen MR) is 68.7 cm³/mol. The van der Waals surface area contributed by atoms with Crippen LogP contribution in [0, 0.1) is 5.92 Å². The van der Waals surface area contributed by atoms with Crippen molar-refractivity contribution in [3.8, 4) is 0 Å². The van der Waals surface area contributed by atoms with Gasteiger partial charge in [-0.2, -0.15) is 0 Å². The zero-order chi connectivity index (χ0) is 12.3. The SMILES string of the molecule is CC.CC1C(=O)Cc2ccccc2C1(C)C. The average Bonchev–Trinajstić information content (AvgIpc) is 2.29. The molecule has 1 unspecified atom stereocenters. The number of Topliss-reactive ketones (excluding diaryl/α,β-unsaturated/α-hetero) is 1. The molecule has 0 saturated heterocycles. The highest BCUT2D eigenvalue weighted by Gasteiger charge is 2.38. The summed E-state index contributed by atoms with van der Waals surface area (Å²) in [6.45, 7) is 10.4. The minimum atomic E-state index is -0.00801. The van der Waals surface area contributed by atoms with Crippen molar-refractivity contribution < 1.29 is 4.79 Å². The molecule has 0 aromatic heterocycles. The lowest BCUT2D eigenvalue weighted by molar-refractivity contribution is -0.124. The zero-order valence-corrected chi connectivity index (χ0v) is 11.0. The summed E-state index contributed by atoms with van der Waals surface area (Å²) >= 11 is 0. The third kappa shape index (κ3) is 2.04. The Morgan fingerprint density at radius 1 is 1.19 bits per heavy atom. The van der Waals surface area contributed by atoms with E-state index >= 15 is 0 Å². The van der Waals surface area contributed by atoms with Gasteiger partial charge in [0.1, 0.15) is 5.78 Å². The second kappa shape index (κ2) is 4.82. The molecule has 1 heteroatoms. The Balaban J connectivity index is 0.000000606. The quantitative estimate of drug-likeness (QED) is 0.648. The van der Waals surface area contributed by atoms with E-state index in [1.54, 1.807) is 0 Å². The number of carbonyl (C=O) groups excluding carboxylic acids is 1. The van der Waals surface area contributed by atoms with Gasteiger partial charge < -0.3 is 0 Å². The molecule has 0 aliphatic heterocycles. The first-order valence-corrected chi connectivity index (χ1v) is 6.14. The predicted octanol–water partition coefficient (Wildman–Crippen LogP) is 3.75. The molecule has 0 N–H and O–H groups in total. The molecule has 0 fully saturated rings. The number of hydrogen-bond donors (Lipinski definition) is 0. The van der Waals surface area contributed by atoms with E-state index < -0.39 is 0 Å². The van der Waals surface area contributed by atoms with Gasteiger partial charge >= 0.3 is 0 Å². The summed E-state index contributed by atoms with van der Waals surface area (Å²) in [6.07, 6.45) is 0.612. The van der Waals surface area contributed by atoms with E-state index in [2.05, 4.69) is 32.0 Å². The summed E-state index contributed by atoms with van der Waals surface area (Å²) < 4.78 is 0. The molecule has 0 radical (unpaired) electrons. The maximum absolute atomic E-state index is 11.8. The third-order valence-electron chi connectivity index (χ3n) is 3.64. The van der Waals surface area contributed by atoms with E-state index in [-0.39, 0.29) is 11.3 Å². The normalized spacial score (nSPS) is 21.8. The highest BCUT2D eigenvalue weighted by atomic mass is 16.1. The molecule has 0 amide bonds. The van der Waals surface area contributed by atoms with E-state index in [1.807, 2.05) is 26.8 Å². The topological polar surface area (TPSA) is 17.1 Å². The second-order valence-corrected chi connectivity index (χ2v) is 4.74. The fourth-order valence-electron chi connectivity index (χ4n) is 2.28. The Labute approximate surface area is 98.9 Å². The van der Waals surface area contributed by atoms with Gasteiger partial charge in [0.2, 0.25) is 0 Å². The van der Waals surface area contributed by atoms with E-state index in [9.17, 15) is 4.79 Å². The van der Waals surface area contributed by atoms with Crippen molar-refractivity contribution in [3.05, 3.63) is 35.4 Å². The van der Waals surface area contributed by atoms with Crippen molar-refractivity contribution in [2.45, 2.75) is 46.5 Å². The molecule has 0 saturated carbocycles. The van der Waals surface area contributed by atoms with Gasteiger partial charge in [0, 0.05) is 12.3 Å². The van der Waals surface area contributed by atoms with Crippen LogP contribution in [0.25, 0.3) is 0 Å². The molecule has 0 spiro atoms. The Morgan fingerprint density at radius 2 is 1.75 bits per heavy atom. The first-order chi connectivity index (χ1) is 7.53. The molecule has 0 bridgehead atoms. The molecule has 1 aliphatic carbocycles. The van der Waals surface area contributed by atoms with Crippen molar-refractivity contribution in [2.75, 3.05) is 0 Å². The van der Waals surface area contributed by atoms with Crippen molar-refractivity contribution in [2.24, 2.45) is 5.92 Å². The fraction of sp³-hybridized carbons (Fsp3) is 0.533. The van der Waals surface area contributed by atoms with E-state index in [4.69, 9.17) is 0 Å². The first-order valence-electron chi connectivity index (χ1n) is 6.14. The minimum Gasteiger partial charge on any atom is -0.299 e. The maximum atomic E-state index is 11.8. The molecule has 1 aliphatic rings. The maximum Gasteiger partial charge on any atom is 0.140 e. The third-order valence-corrected chi connectivity index (χ3v) is 3.64. The van der Waals surface area contributed by atoms with E-state index in [0.717, 1.165) is 0 Å². The van der Waals surface area contributed by atoms with Crippen LogP contribution in [0.3, 0.4) is 0 Å². The average molecular weight is 218 g/mol. The number of rotatable bonds is 0. The van der Waals surface area contributed by atoms with Gasteiger partial charge in [-0.05, 0) is 16.5 Å². The number of carbonyl (C=O) groups is 1. The van der Waals surface area contributed by atoms with Crippen molar-refractivity contribution >= 4 is 5.78 Å². The second-order valence-electron chi connectivity index (χ2n) is 4.74. The summed E-state index contributed by atoms with van der Waals surface area (Å²) in [7, 11) is 0. The Bertz CT molecular complexity index is 377. The van der Waals surface area contributed by atoms with Gasteiger partial charge in [-0.3, -0.25) is 4.79 Å². The molecule has 1 aromatic rings. The number of benzene rings is 1. The molecular weight excluding hydrogens is 196 g/mol. The van der Waals surface area contributed by atoms with Gasteiger partial charge in [0.15, 0.2) is 0 Å². The number of ketones is 1. The lowest BCUT2D eigenvalue weighted by atomic mass is 9.66. The van der Waals surface area contributed by atoms with Crippen LogP contribution in [-0.2, 0) is 16.6 Å². The van der Waals surface area contributed by atoms with Crippen LogP contribution in [0.5, 0.6) is 0 Å². The summed E-state index contributed by atoms with van der Waals surface area (Å²) in [5.74, 6) is 0.506. The van der Waals surface area contributed by atoms with Gasteiger partial charge in [-0.25, -0.2) is 0 Å². The molecular formula is C15H22O. The standard InChI is InChI=1S/C13H16O.C2H6/c1-9-12(14)8-10-6-4-5-7-11(10)13(9,2)3;1-2/h4-7,9H,8H2,1-3H3;1-2H3. The van der Waals surface area contributed by atoms with Gasteiger partial charge in [0.05, 0.1) is 0 Å². The van der Waals surface area contributed by atoms with Crippen LogP contribution in [0.1, 0.15) is 45.7 Å². The molecule has 88 valence electrons. The van der Waals surface area contributed by atoms with Crippen molar-refractivity contribution in [1.82, 2.24) is 0 Å². The summed E-state index contributed by atoms with van der Waals surface area (Å²) in [5, 5.41) is 0. The summed E-state index contributed by atoms with van der Waals surface area (Å²) in [6, 6.07) is 8.29. The van der Waals surface area contributed by atoms with Crippen molar-refractivity contribution in [1.29, 1.82) is 0 Å². The fourth-order valence-corrected chi connectivity index (χ4v) is 2.28. The lowest BCUT2D eigenvalue weighted by Gasteiger charge is -2.37. The van der Waals surface area contributed by atoms with Gasteiger partial charge in [-0.1, -0.05) is 58.9 Å². The molecule has 0 heterocycles. The lowest BCUT2D eigenvalue weighted by Crippen LogP contribution is -2.38. The molecule has 1 nitrogen and oxygen atoms in total. The van der Waals surface area contributed by atoms with Crippen LogP contribution in [-0.4, -0.2) is 5.78 Å². The highest BCUT2D eigenvalue weighted by Crippen LogP contribution is 2.38. The molecule has 16 heavy (non-hydrogen) atoms. The van der Waals surface area contributed by atoms with Crippen LogP contribution < -0.4 is 0 Å². The molecule has 1 aromatic carbocycles. The van der Waals surface area contributed by atoms with Crippen LogP contribution in [0.2, 0.25) is 0 Å². The van der Waals surface area contributed by atoms with Crippen molar-refractivity contribution in [3.63, 3.8) is 0 Å². The largest absolute Gasteiger partial charge is 0.299 e. The number of fused-ring (bicyclic) bond motifs is 1. The molecule has 1 atom stereocenters. The zero-order valence-electron chi connectivity index (χ0n) is 11.0. The Morgan fingerprint density at radius 3 is 2.38 bits per heavy atom. The van der Waals surface area contributed by atoms with Crippen LogP contribution in [0.15, 0.2) is 24.3 Å². The highest BCUT2D eigenvalue weighted by molar-refractivity contribution is 5.87. The Hall–Kier alpha value is -1.11. The monoisotopic (exact) mass is 218 g/mol. The van der Waals surface area contributed by atoms with Gasteiger partial charge in [-0.15, -0.1) is 0 Å². The summed E-state index contributed by atoms with van der Waals surface area (Å²) in [5.41, 5.74) is 2.54. The molecule has 2 rings (SSSR count). The first kappa shape index (κ1) is 13.0. The van der Waals surface area contributed by atoms with E-state index in [1.165, 1.54) is 11.1 Å². The smallest absolute Gasteiger partial charge is 0.140 e. The minimum absolute atomic E-state index is 0.00801. The van der Waals surface area contributed by atoms with Crippen LogP contribution >= 0.6 is 0 Å². The van der Waals surface area contributed by atoms with Gasteiger partial charge in [0.25, 0.3) is 0 Å². The van der Waals surface area contributed by atoms with E-state index in [0.29, 0.717) is 12.2 Å². The Kier molecular flexibility index (Phi) is 3.90. The summed E-state index contributed by atoms with van der Waals surface area (Å²) in [4.78, 5) is 11.8. The number of hydrogen-bond acceptors (Lipinski definition) is 1.